The third-order valence-corrected chi connectivity index (χ3v) is 3.38. The third-order valence-electron chi connectivity index (χ3n) is 2.76. The van der Waals surface area contributed by atoms with Gasteiger partial charge in [-0.15, -0.1) is 0 Å². The number of carbonyl (C=O) groups is 1. The van der Waals surface area contributed by atoms with E-state index in [9.17, 15) is 14.9 Å². The minimum atomic E-state index is -0.639. The van der Waals surface area contributed by atoms with Gasteiger partial charge in [-0.1, -0.05) is 40.9 Å². The second kappa shape index (κ2) is 6.11. The molecule has 21 heavy (non-hydrogen) atoms. The highest BCUT2D eigenvalue weighted by atomic mass is 35.5. The number of nitrogens with one attached hydrogen (secondary N) is 1. The number of nitro benzene ring substituents is 1. The molecule has 2 aromatic carbocycles. The van der Waals surface area contributed by atoms with Gasteiger partial charge in [0, 0.05) is 11.6 Å². The summed E-state index contributed by atoms with van der Waals surface area (Å²) < 4.78 is 0. The van der Waals surface area contributed by atoms with Gasteiger partial charge < -0.3 is 5.32 Å². The molecular weight excluding hydrogens is 315 g/mol. The van der Waals surface area contributed by atoms with Gasteiger partial charge in [-0.3, -0.25) is 14.9 Å². The topological polar surface area (TPSA) is 72.2 Å². The molecule has 0 unspecified atom stereocenters. The molecule has 0 atom stereocenters. The Kier molecular flexibility index (Phi) is 4.45. The third kappa shape index (κ3) is 3.51. The monoisotopic (exact) mass is 324 g/mol. The van der Waals surface area contributed by atoms with Crippen LogP contribution in [0.1, 0.15) is 15.9 Å². The van der Waals surface area contributed by atoms with Crippen molar-refractivity contribution >= 4 is 40.5 Å². The number of anilines is 1. The van der Waals surface area contributed by atoms with Crippen molar-refractivity contribution in [3.63, 3.8) is 0 Å². The molecule has 0 aliphatic carbocycles. The maximum atomic E-state index is 12.1. The van der Waals surface area contributed by atoms with Gasteiger partial charge in [0.05, 0.1) is 15.6 Å². The fraction of sp³-hybridized carbons (Fsp3) is 0.0714. The number of hydrogen-bond donors (Lipinski definition) is 1. The molecule has 0 bridgehead atoms. The van der Waals surface area contributed by atoms with Crippen LogP contribution >= 0.6 is 23.2 Å². The molecule has 1 amide bonds. The van der Waals surface area contributed by atoms with E-state index in [0.717, 1.165) is 11.6 Å². The number of rotatable bonds is 3. The van der Waals surface area contributed by atoms with Crippen LogP contribution in [-0.2, 0) is 0 Å². The van der Waals surface area contributed by atoms with E-state index in [-0.39, 0.29) is 27.3 Å². The molecule has 108 valence electrons. The maximum Gasteiger partial charge on any atom is 0.289 e. The fourth-order valence-corrected chi connectivity index (χ4v) is 2.19. The van der Waals surface area contributed by atoms with Gasteiger partial charge in [-0.25, -0.2) is 0 Å². The average Bonchev–Trinajstić information content (AvgIpc) is 2.42. The standard InChI is InChI=1S/C14H10Cl2N2O3/c1-8-3-2-4-9(5-8)14(19)17-12-6-11(16)13(18(20)21)7-10(12)15/h2-7H,1H3,(H,17,19). The van der Waals surface area contributed by atoms with E-state index >= 15 is 0 Å². The van der Waals surface area contributed by atoms with Crippen LogP contribution < -0.4 is 5.32 Å². The summed E-state index contributed by atoms with van der Waals surface area (Å²) in [7, 11) is 0. The van der Waals surface area contributed by atoms with Crippen molar-refractivity contribution in [2.75, 3.05) is 5.32 Å². The van der Waals surface area contributed by atoms with Crippen LogP contribution in [0, 0.1) is 17.0 Å². The van der Waals surface area contributed by atoms with E-state index in [1.165, 1.54) is 6.07 Å². The first-order chi connectivity index (χ1) is 9.88. The Bertz CT molecular complexity index is 732. The Morgan fingerprint density at radius 2 is 1.90 bits per heavy atom. The van der Waals surface area contributed by atoms with Gasteiger partial charge in [-0.2, -0.15) is 0 Å². The lowest BCUT2D eigenvalue weighted by atomic mass is 10.1. The number of halogens is 2. The Hall–Kier alpha value is -2.11. The van der Waals surface area contributed by atoms with Crippen molar-refractivity contribution in [2.45, 2.75) is 6.92 Å². The van der Waals surface area contributed by atoms with Crippen LogP contribution in [0.15, 0.2) is 36.4 Å². The van der Waals surface area contributed by atoms with E-state index in [1.54, 1.807) is 18.2 Å². The predicted octanol–water partition coefficient (Wildman–Crippen LogP) is 4.46. The number of hydrogen-bond acceptors (Lipinski definition) is 3. The second-order valence-electron chi connectivity index (χ2n) is 4.36. The molecule has 0 saturated heterocycles. The summed E-state index contributed by atoms with van der Waals surface area (Å²) in [5.41, 5.74) is 1.31. The number of aryl methyl sites for hydroxylation is 1. The number of benzene rings is 2. The molecule has 0 aliphatic heterocycles. The summed E-state index contributed by atoms with van der Waals surface area (Å²) in [6, 6.07) is 9.37. The number of amides is 1. The minimum absolute atomic E-state index is 0.0482. The van der Waals surface area contributed by atoms with E-state index < -0.39 is 4.92 Å². The zero-order valence-corrected chi connectivity index (χ0v) is 12.4. The second-order valence-corrected chi connectivity index (χ2v) is 5.18. The molecule has 0 aromatic heterocycles. The van der Waals surface area contributed by atoms with Gasteiger partial charge in [0.15, 0.2) is 0 Å². The number of nitrogens with zero attached hydrogens (tertiary/aromatic N) is 1. The molecule has 0 saturated carbocycles. The van der Waals surface area contributed by atoms with Gasteiger partial charge in [0.2, 0.25) is 0 Å². The van der Waals surface area contributed by atoms with Gasteiger partial charge in [0.25, 0.3) is 11.6 Å². The average molecular weight is 325 g/mol. The molecule has 0 fully saturated rings. The Balaban J connectivity index is 2.30. The minimum Gasteiger partial charge on any atom is -0.321 e. The summed E-state index contributed by atoms with van der Waals surface area (Å²) in [6.45, 7) is 1.87. The highest BCUT2D eigenvalue weighted by molar-refractivity contribution is 6.37. The van der Waals surface area contributed by atoms with E-state index in [1.807, 2.05) is 13.0 Å². The van der Waals surface area contributed by atoms with E-state index in [4.69, 9.17) is 23.2 Å². The first kappa shape index (κ1) is 15.3. The maximum absolute atomic E-state index is 12.1. The molecule has 0 radical (unpaired) electrons. The van der Waals surface area contributed by atoms with Crippen LogP contribution in [0.25, 0.3) is 0 Å². The smallest absolute Gasteiger partial charge is 0.289 e. The number of nitro groups is 1. The van der Waals surface area contributed by atoms with Gasteiger partial charge in [-0.05, 0) is 25.1 Å². The van der Waals surface area contributed by atoms with Crippen LogP contribution in [0.5, 0.6) is 0 Å². The summed E-state index contributed by atoms with van der Waals surface area (Å²) in [6.07, 6.45) is 0. The lowest BCUT2D eigenvalue weighted by Gasteiger charge is -2.08. The summed E-state index contributed by atoms with van der Waals surface area (Å²) in [5, 5.41) is 13.3. The van der Waals surface area contributed by atoms with Crippen LogP contribution in [0.3, 0.4) is 0 Å². The fourth-order valence-electron chi connectivity index (χ4n) is 1.75. The zero-order chi connectivity index (χ0) is 15.6. The molecule has 1 N–H and O–H groups in total. The Morgan fingerprint density at radius 1 is 1.19 bits per heavy atom. The summed E-state index contributed by atoms with van der Waals surface area (Å²) >= 11 is 11.7. The normalized spacial score (nSPS) is 10.2. The summed E-state index contributed by atoms with van der Waals surface area (Å²) in [4.78, 5) is 22.2. The molecule has 7 heteroatoms. The van der Waals surface area contributed by atoms with Gasteiger partial charge in [0.1, 0.15) is 5.02 Å². The van der Waals surface area contributed by atoms with E-state index in [2.05, 4.69) is 5.32 Å². The first-order valence-corrected chi connectivity index (χ1v) is 6.65. The van der Waals surface area contributed by atoms with Crippen molar-refractivity contribution in [2.24, 2.45) is 0 Å². The molecule has 5 nitrogen and oxygen atoms in total. The molecular formula is C14H10Cl2N2O3. The van der Waals surface area contributed by atoms with Crippen molar-refractivity contribution in [3.8, 4) is 0 Å². The zero-order valence-electron chi connectivity index (χ0n) is 10.9. The van der Waals surface area contributed by atoms with Crippen LogP contribution in [0.2, 0.25) is 10.0 Å². The van der Waals surface area contributed by atoms with Gasteiger partial charge >= 0.3 is 0 Å². The molecule has 2 aromatic rings. The van der Waals surface area contributed by atoms with E-state index in [0.29, 0.717) is 5.56 Å². The largest absolute Gasteiger partial charge is 0.321 e. The lowest BCUT2D eigenvalue weighted by Crippen LogP contribution is -2.12. The Morgan fingerprint density at radius 3 is 2.52 bits per heavy atom. The van der Waals surface area contributed by atoms with Crippen molar-refractivity contribution in [1.29, 1.82) is 0 Å². The Labute approximate surface area is 130 Å². The quantitative estimate of drug-likeness (QED) is 0.669. The van der Waals surface area contributed by atoms with Crippen LogP contribution in [-0.4, -0.2) is 10.8 Å². The van der Waals surface area contributed by atoms with Crippen LogP contribution in [0.4, 0.5) is 11.4 Å². The predicted molar refractivity (Wildman–Crippen MR) is 82.2 cm³/mol. The van der Waals surface area contributed by atoms with Crippen molar-refractivity contribution < 1.29 is 9.72 Å². The first-order valence-electron chi connectivity index (χ1n) is 5.90. The molecule has 2 rings (SSSR count). The van der Waals surface area contributed by atoms with Crippen molar-refractivity contribution in [1.82, 2.24) is 0 Å². The molecule has 0 aliphatic rings. The summed E-state index contributed by atoms with van der Waals surface area (Å²) in [5.74, 6) is -0.370. The lowest BCUT2D eigenvalue weighted by molar-refractivity contribution is -0.384. The molecule has 0 spiro atoms. The number of carbonyl (C=O) groups excluding carboxylic acids is 1. The SMILES string of the molecule is Cc1cccc(C(=O)Nc2cc(Cl)c([N+](=O)[O-])cc2Cl)c1. The highest BCUT2D eigenvalue weighted by Gasteiger charge is 2.17. The van der Waals surface area contributed by atoms with Crippen molar-refractivity contribution in [3.05, 3.63) is 67.7 Å². The molecule has 0 heterocycles. The highest BCUT2D eigenvalue weighted by Crippen LogP contribution is 2.34.